The molecule has 0 saturated heterocycles. The second-order valence-electron chi connectivity index (χ2n) is 2.20. The van der Waals surface area contributed by atoms with E-state index in [0.29, 0.717) is 0 Å². The number of rotatable bonds is 2. The van der Waals surface area contributed by atoms with Crippen molar-refractivity contribution in [2.45, 2.75) is 6.04 Å². The van der Waals surface area contributed by atoms with E-state index in [1.165, 1.54) is 0 Å². The molecule has 1 atom stereocenters. The first-order chi connectivity index (χ1) is 4.74. The van der Waals surface area contributed by atoms with Gasteiger partial charge in [-0.05, 0) is 6.07 Å². The molecular weight excluding hydrogens is 166 g/mol. The molecule has 1 rings (SSSR count). The highest BCUT2D eigenvalue weighted by atomic mass is 35.5. The van der Waals surface area contributed by atoms with Crippen LogP contribution in [0.25, 0.3) is 0 Å². The lowest BCUT2D eigenvalue weighted by Crippen LogP contribution is -2.15. The topological polar surface area (TPSA) is 64.1 Å². The van der Waals surface area contributed by atoms with Crippen molar-refractivity contribution in [3.8, 4) is 0 Å². The second-order valence-corrected chi connectivity index (χ2v) is 2.20. The maximum absolute atomic E-state index is 8.62. The Morgan fingerprint density at radius 3 is 2.82 bits per heavy atom. The number of hydrogen-bond acceptors (Lipinski definition) is 3. The van der Waals surface area contributed by atoms with Gasteiger partial charge < -0.3 is 10.8 Å². The molecule has 0 saturated carbocycles. The monoisotopic (exact) mass is 177 g/mol. The second kappa shape index (κ2) is 4.33. The van der Waals surface area contributed by atoms with E-state index in [2.05, 4.69) is 5.10 Å². The summed E-state index contributed by atoms with van der Waals surface area (Å²) in [5.74, 6) is 0. The Balaban J connectivity index is 0.000001000. The molecular formula is C6H12ClN3O. The normalized spacial score (nSPS) is 12.3. The largest absolute Gasteiger partial charge is 0.394 e. The smallest absolute Gasteiger partial charge is 0.0815 e. The zero-order chi connectivity index (χ0) is 7.56. The molecule has 0 bridgehead atoms. The molecule has 4 nitrogen and oxygen atoms in total. The van der Waals surface area contributed by atoms with Crippen LogP contribution in [0.15, 0.2) is 12.3 Å². The lowest BCUT2D eigenvalue weighted by Gasteiger charge is -2.01. The third kappa shape index (κ3) is 2.49. The molecule has 0 aliphatic heterocycles. The Morgan fingerprint density at radius 1 is 1.82 bits per heavy atom. The summed E-state index contributed by atoms with van der Waals surface area (Å²) < 4.78 is 1.66. The highest BCUT2D eigenvalue weighted by molar-refractivity contribution is 5.85. The molecule has 0 aliphatic carbocycles. The maximum Gasteiger partial charge on any atom is 0.0815 e. The van der Waals surface area contributed by atoms with Crippen molar-refractivity contribution in [3.63, 3.8) is 0 Å². The number of nitrogens with zero attached hydrogens (tertiary/aromatic N) is 2. The molecule has 1 unspecified atom stereocenters. The molecule has 0 fully saturated rings. The van der Waals surface area contributed by atoms with Crippen LogP contribution in [-0.2, 0) is 7.05 Å². The van der Waals surface area contributed by atoms with Gasteiger partial charge in [-0.2, -0.15) is 5.10 Å². The molecule has 1 aromatic rings. The van der Waals surface area contributed by atoms with Gasteiger partial charge in [-0.25, -0.2) is 0 Å². The van der Waals surface area contributed by atoms with Gasteiger partial charge in [-0.1, -0.05) is 0 Å². The van der Waals surface area contributed by atoms with E-state index in [-0.39, 0.29) is 25.1 Å². The van der Waals surface area contributed by atoms with Crippen LogP contribution in [0.3, 0.4) is 0 Å². The summed E-state index contributed by atoms with van der Waals surface area (Å²) in [7, 11) is 1.81. The van der Waals surface area contributed by atoms with Crippen LogP contribution in [-0.4, -0.2) is 21.5 Å². The van der Waals surface area contributed by atoms with E-state index >= 15 is 0 Å². The van der Waals surface area contributed by atoms with Gasteiger partial charge in [-0.15, -0.1) is 12.4 Å². The van der Waals surface area contributed by atoms with E-state index in [0.717, 1.165) is 5.69 Å². The lowest BCUT2D eigenvalue weighted by molar-refractivity contribution is 0.265. The summed E-state index contributed by atoms with van der Waals surface area (Å²) in [6.45, 7) is -0.0585. The molecule has 1 heterocycles. The third-order valence-electron chi connectivity index (χ3n) is 1.31. The number of aliphatic hydroxyl groups is 1. The van der Waals surface area contributed by atoms with Crippen LogP contribution in [0.2, 0.25) is 0 Å². The van der Waals surface area contributed by atoms with Crippen LogP contribution >= 0.6 is 12.4 Å². The number of nitrogens with two attached hydrogens (primary N) is 1. The first-order valence-electron chi connectivity index (χ1n) is 3.10. The quantitative estimate of drug-likeness (QED) is 0.660. The predicted octanol–water partition coefficient (Wildman–Crippen LogP) is -0.166. The standard InChI is InChI=1S/C6H11N3O.ClH/c1-9-3-2-6(8-9)5(7)4-10;/h2-3,5,10H,4,7H2,1H3;1H. The number of aryl methyl sites for hydroxylation is 1. The molecule has 0 aromatic carbocycles. The van der Waals surface area contributed by atoms with Crippen LogP contribution in [0.1, 0.15) is 11.7 Å². The van der Waals surface area contributed by atoms with Gasteiger partial charge in [0, 0.05) is 13.2 Å². The van der Waals surface area contributed by atoms with E-state index in [4.69, 9.17) is 10.8 Å². The van der Waals surface area contributed by atoms with Crippen molar-refractivity contribution >= 4 is 12.4 Å². The summed E-state index contributed by atoms with van der Waals surface area (Å²) in [6.07, 6.45) is 1.80. The minimum absolute atomic E-state index is 0. The predicted molar refractivity (Wildman–Crippen MR) is 44.5 cm³/mol. The molecule has 1 aromatic heterocycles. The zero-order valence-corrected chi connectivity index (χ0v) is 7.08. The molecule has 0 aliphatic rings. The Bertz CT molecular complexity index is 213. The van der Waals surface area contributed by atoms with Crippen LogP contribution in [0.4, 0.5) is 0 Å². The van der Waals surface area contributed by atoms with Crippen molar-refractivity contribution < 1.29 is 5.11 Å². The maximum atomic E-state index is 8.62. The number of halogens is 1. The first kappa shape index (κ1) is 10.4. The third-order valence-corrected chi connectivity index (χ3v) is 1.31. The summed E-state index contributed by atoms with van der Waals surface area (Å²) in [5.41, 5.74) is 6.21. The van der Waals surface area contributed by atoms with Crippen LogP contribution < -0.4 is 5.73 Å². The minimum atomic E-state index is -0.346. The lowest BCUT2D eigenvalue weighted by atomic mass is 10.2. The Hall–Kier alpha value is -0.580. The van der Waals surface area contributed by atoms with Crippen molar-refractivity contribution in [1.29, 1.82) is 0 Å². The Kier molecular flexibility index (Phi) is 4.10. The van der Waals surface area contributed by atoms with E-state index in [1.54, 1.807) is 16.9 Å². The van der Waals surface area contributed by atoms with Gasteiger partial charge in [0.2, 0.25) is 0 Å². The molecule has 3 N–H and O–H groups in total. The highest BCUT2D eigenvalue weighted by Gasteiger charge is 2.05. The fraction of sp³-hybridized carbons (Fsp3) is 0.500. The Morgan fingerprint density at radius 2 is 2.45 bits per heavy atom. The van der Waals surface area contributed by atoms with E-state index in [1.807, 2.05) is 7.05 Å². The van der Waals surface area contributed by atoms with Gasteiger partial charge in [0.05, 0.1) is 18.3 Å². The SMILES string of the molecule is Cl.Cn1ccc(C(N)CO)n1. The number of hydrogen-bond donors (Lipinski definition) is 2. The van der Waals surface area contributed by atoms with Crippen molar-refractivity contribution in [1.82, 2.24) is 9.78 Å². The first-order valence-corrected chi connectivity index (χ1v) is 3.10. The average Bonchev–Trinajstić information content (AvgIpc) is 2.34. The molecule has 0 amide bonds. The van der Waals surface area contributed by atoms with E-state index < -0.39 is 0 Å². The number of aliphatic hydroxyl groups excluding tert-OH is 1. The highest BCUT2D eigenvalue weighted by Crippen LogP contribution is 2.03. The van der Waals surface area contributed by atoms with Gasteiger partial charge in [0.1, 0.15) is 0 Å². The molecule has 0 spiro atoms. The minimum Gasteiger partial charge on any atom is -0.394 e. The summed E-state index contributed by atoms with van der Waals surface area (Å²) in [4.78, 5) is 0. The van der Waals surface area contributed by atoms with Crippen molar-refractivity contribution in [2.24, 2.45) is 12.8 Å². The van der Waals surface area contributed by atoms with E-state index in [9.17, 15) is 0 Å². The molecule has 64 valence electrons. The summed E-state index contributed by atoms with van der Waals surface area (Å²) in [6, 6.07) is 1.45. The van der Waals surface area contributed by atoms with Crippen molar-refractivity contribution in [3.05, 3.63) is 18.0 Å². The summed E-state index contributed by atoms with van der Waals surface area (Å²) >= 11 is 0. The Labute approximate surface area is 71.4 Å². The molecule has 11 heavy (non-hydrogen) atoms. The fourth-order valence-corrected chi connectivity index (χ4v) is 0.724. The van der Waals surface area contributed by atoms with Gasteiger partial charge in [0.25, 0.3) is 0 Å². The van der Waals surface area contributed by atoms with Crippen LogP contribution in [0, 0.1) is 0 Å². The van der Waals surface area contributed by atoms with Gasteiger partial charge >= 0.3 is 0 Å². The van der Waals surface area contributed by atoms with Gasteiger partial charge in [0.15, 0.2) is 0 Å². The summed E-state index contributed by atoms with van der Waals surface area (Å²) in [5, 5.41) is 12.6. The van der Waals surface area contributed by atoms with Gasteiger partial charge in [-0.3, -0.25) is 4.68 Å². The zero-order valence-electron chi connectivity index (χ0n) is 6.27. The molecule has 5 heteroatoms. The van der Waals surface area contributed by atoms with Crippen molar-refractivity contribution in [2.75, 3.05) is 6.61 Å². The number of aromatic nitrogens is 2. The molecule has 0 radical (unpaired) electrons. The fourth-order valence-electron chi connectivity index (χ4n) is 0.724. The average molecular weight is 178 g/mol. The van der Waals surface area contributed by atoms with Crippen LogP contribution in [0.5, 0.6) is 0 Å².